The summed E-state index contributed by atoms with van der Waals surface area (Å²) in [6.45, 7) is 0.478. The Morgan fingerprint density at radius 1 is 0.944 bits per heavy atom. The van der Waals surface area contributed by atoms with E-state index in [1.54, 1.807) is 18.2 Å². The Bertz CT molecular complexity index is 1370. The fourth-order valence-electron chi connectivity index (χ4n) is 2.96. The minimum Gasteiger partial charge on any atom is -0.475 e. The van der Waals surface area contributed by atoms with E-state index in [4.69, 9.17) is 15.6 Å². The Hall–Kier alpha value is -4.09. The van der Waals surface area contributed by atoms with E-state index in [1.165, 1.54) is 11.3 Å². The van der Waals surface area contributed by atoms with Crippen molar-refractivity contribution in [1.29, 1.82) is 0 Å². The number of nitrogens with zero attached hydrogens (tertiary/aromatic N) is 1. The first kappa shape index (κ1) is 26.5. The standard InChI is InChI=1S/C23H19N3O2S.C2HF3O2/c24-14-16-8-6-15(7-9-16)12-20(27)23-26-19-11-10-17(13-21(19)29-23)22(28)25-18-4-2-1-3-5-18;3-2(4,5)1(6)7/h1-11,13H,12,14,24H2,(H,25,28);(H,6,7). The molecule has 0 atom stereocenters. The molecule has 4 aromatic rings. The Morgan fingerprint density at radius 3 is 2.14 bits per heavy atom. The number of alkyl halides is 3. The summed E-state index contributed by atoms with van der Waals surface area (Å²) in [5.41, 5.74) is 9.54. The number of fused-ring (bicyclic) bond motifs is 1. The lowest BCUT2D eigenvalue weighted by Gasteiger charge is -2.04. The summed E-state index contributed by atoms with van der Waals surface area (Å²) in [7, 11) is 0. The largest absolute Gasteiger partial charge is 0.490 e. The fraction of sp³-hybridized carbons (Fsp3) is 0.120. The van der Waals surface area contributed by atoms with Crippen LogP contribution in [0.4, 0.5) is 18.9 Å². The van der Waals surface area contributed by atoms with Gasteiger partial charge in [-0.3, -0.25) is 9.59 Å². The minimum atomic E-state index is -5.08. The summed E-state index contributed by atoms with van der Waals surface area (Å²) >= 11 is 1.31. The quantitative estimate of drug-likeness (QED) is 0.308. The number of nitrogens with two attached hydrogens (primary N) is 1. The van der Waals surface area contributed by atoms with Crippen molar-refractivity contribution >= 4 is 44.9 Å². The van der Waals surface area contributed by atoms with Crippen molar-refractivity contribution in [3.63, 3.8) is 0 Å². The van der Waals surface area contributed by atoms with Crippen LogP contribution in [0.3, 0.4) is 0 Å². The van der Waals surface area contributed by atoms with Gasteiger partial charge in [0, 0.05) is 24.2 Å². The van der Waals surface area contributed by atoms with Crippen LogP contribution in [0, 0.1) is 0 Å². The lowest BCUT2D eigenvalue weighted by atomic mass is 10.1. The van der Waals surface area contributed by atoms with Crippen molar-refractivity contribution in [1.82, 2.24) is 4.98 Å². The number of carboxylic acid groups (broad SMARTS) is 1. The van der Waals surface area contributed by atoms with Gasteiger partial charge in [-0.1, -0.05) is 42.5 Å². The molecule has 0 saturated carbocycles. The molecule has 0 radical (unpaired) electrons. The van der Waals surface area contributed by atoms with Gasteiger partial charge >= 0.3 is 12.1 Å². The Kier molecular flexibility index (Phi) is 8.51. The van der Waals surface area contributed by atoms with E-state index in [2.05, 4.69) is 10.3 Å². The van der Waals surface area contributed by atoms with Gasteiger partial charge in [-0.05, 0) is 41.5 Å². The van der Waals surface area contributed by atoms with Gasteiger partial charge in [-0.2, -0.15) is 13.2 Å². The number of thiazole rings is 1. The first-order valence-electron chi connectivity index (χ1n) is 10.4. The van der Waals surface area contributed by atoms with E-state index >= 15 is 0 Å². The van der Waals surface area contributed by atoms with Gasteiger partial charge in [0.25, 0.3) is 5.91 Å². The van der Waals surface area contributed by atoms with Crippen molar-refractivity contribution in [3.05, 3.63) is 94.5 Å². The number of aromatic nitrogens is 1. The Morgan fingerprint density at radius 2 is 1.56 bits per heavy atom. The first-order chi connectivity index (χ1) is 17.1. The van der Waals surface area contributed by atoms with Gasteiger partial charge in [0.2, 0.25) is 0 Å². The molecule has 4 N–H and O–H groups in total. The number of para-hydroxylation sites is 1. The smallest absolute Gasteiger partial charge is 0.475 e. The molecule has 1 aromatic heterocycles. The second-order valence-corrected chi connectivity index (χ2v) is 8.48. The number of aliphatic carboxylic acids is 1. The maximum absolute atomic E-state index is 12.6. The summed E-state index contributed by atoms with van der Waals surface area (Å²) in [5, 5.41) is 10.4. The molecule has 4 rings (SSSR count). The molecule has 7 nitrogen and oxygen atoms in total. The van der Waals surface area contributed by atoms with Crippen LogP contribution < -0.4 is 11.1 Å². The molecule has 0 spiro atoms. The van der Waals surface area contributed by atoms with Crippen LogP contribution in [0.1, 0.15) is 31.3 Å². The number of nitrogens with one attached hydrogen (secondary N) is 1. The second kappa shape index (κ2) is 11.6. The lowest BCUT2D eigenvalue weighted by Crippen LogP contribution is -2.21. The number of carbonyl (C=O) groups is 3. The summed E-state index contributed by atoms with van der Waals surface area (Å²) in [5.74, 6) is -2.99. The van der Waals surface area contributed by atoms with Crippen LogP contribution in [-0.4, -0.2) is 33.9 Å². The minimum absolute atomic E-state index is 0.0398. The molecule has 1 amide bonds. The van der Waals surface area contributed by atoms with Gasteiger partial charge < -0.3 is 16.2 Å². The third kappa shape index (κ3) is 7.20. The molecule has 36 heavy (non-hydrogen) atoms. The van der Waals surface area contributed by atoms with Crippen LogP contribution in [0.2, 0.25) is 0 Å². The van der Waals surface area contributed by atoms with E-state index in [1.807, 2.05) is 54.6 Å². The summed E-state index contributed by atoms with van der Waals surface area (Å²) in [4.78, 5) is 38.5. The average molecular weight is 516 g/mol. The molecule has 0 unspecified atom stereocenters. The van der Waals surface area contributed by atoms with Crippen molar-refractivity contribution in [2.45, 2.75) is 19.1 Å². The predicted octanol–water partition coefficient (Wildman–Crippen LogP) is 5.07. The number of anilines is 1. The number of carboxylic acids is 1. The molecule has 3 aromatic carbocycles. The number of amides is 1. The van der Waals surface area contributed by atoms with Crippen LogP contribution in [0.25, 0.3) is 10.2 Å². The monoisotopic (exact) mass is 515 g/mol. The predicted molar refractivity (Wildman–Crippen MR) is 130 cm³/mol. The van der Waals surface area contributed by atoms with E-state index in [0.29, 0.717) is 22.6 Å². The van der Waals surface area contributed by atoms with Gasteiger partial charge in [-0.25, -0.2) is 9.78 Å². The topological polar surface area (TPSA) is 122 Å². The maximum atomic E-state index is 12.6. The zero-order valence-corrected chi connectivity index (χ0v) is 19.4. The highest BCUT2D eigenvalue weighted by Gasteiger charge is 2.38. The van der Waals surface area contributed by atoms with Crippen LogP contribution in [0.15, 0.2) is 72.8 Å². The molecular formula is C25H20F3N3O4S. The van der Waals surface area contributed by atoms with Crippen LogP contribution in [0.5, 0.6) is 0 Å². The summed E-state index contributed by atoms with van der Waals surface area (Å²) < 4.78 is 32.5. The lowest BCUT2D eigenvalue weighted by molar-refractivity contribution is -0.192. The van der Waals surface area contributed by atoms with Gasteiger partial charge in [0.1, 0.15) is 0 Å². The number of benzene rings is 3. The fourth-order valence-corrected chi connectivity index (χ4v) is 3.91. The highest BCUT2D eigenvalue weighted by Crippen LogP contribution is 2.25. The number of ketones is 1. The number of Topliss-reactive ketones (excluding diaryl/α,β-unsaturated/α-hetero) is 1. The van der Waals surface area contributed by atoms with E-state index in [0.717, 1.165) is 21.5 Å². The van der Waals surface area contributed by atoms with E-state index < -0.39 is 12.1 Å². The normalized spacial score (nSPS) is 10.9. The number of rotatable bonds is 6. The number of carbonyl (C=O) groups excluding carboxylic acids is 2. The highest BCUT2D eigenvalue weighted by atomic mass is 32.1. The third-order valence-corrected chi connectivity index (χ3v) is 5.85. The number of halogens is 3. The SMILES string of the molecule is NCc1ccc(CC(=O)c2nc3ccc(C(=O)Nc4ccccc4)cc3s2)cc1.O=C(O)C(F)(F)F. The third-order valence-electron chi connectivity index (χ3n) is 4.79. The van der Waals surface area contributed by atoms with Gasteiger partial charge in [0.15, 0.2) is 10.8 Å². The summed E-state index contributed by atoms with van der Waals surface area (Å²) in [6, 6.07) is 22.3. The molecule has 0 aliphatic rings. The Balaban J connectivity index is 0.000000454. The molecule has 0 bridgehead atoms. The maximum Gasteiger partial charge on any atom is 0.490 e. The Labute approximate surface area is 207 Å². The van der Waals surface area contributed by atoms with Crippen LogP contribution >= 0.6 is 11.3 Å². The van der Waals surface area contributed by atoms with Crippen LogP contribution in [-0.2, 0) is 17.8 Å². The first-order valence-corrected chi connectivity index (χ1v) is 11.3. The van der Waals surface area contributed by atoms with E-state index in [9.17, 15) is 22.8 Å². The highest BCUT2D eigenvalue weighted by molar-refractivity contribution is 7.20. The molecule has 0 aliphatic carbocycles. The molecule has 0 fully saturated rings. The van der Waals surface area contributed by atoms with Crippen molar-refractivity contribution in [2.24, 2.45) is 5.73 Å². The molecule has 1 heterocycles. The van der Waals surface area contributed by atoms with Crippen molar-refractivity contribution in [3.8, 4) is 0 Å². The molecule has 11 heteroatoms. The number of hydrogen-bond donors (Lipinski definition) is 3. The molecule has 0 aliphatic heterocycles. The molecule has 186 valence electrons. The number of hydrogen-bond acceptors (Lipinski definition) is 6. The average Bonchev–Trinajstić information content (AvgIpc) is 3.29. The van der Waals surface area contributed by atoms with E-state index in [-0.39, 0.29) is 18.1 Å². The van der Waals surface area contributed by atoms with Crippen molar-refractivity contribution in [2.75, 3.05) is 5.32 Å². The van der Waals surface area contributed by atoms with Crippen molar-refractivity contribution < 1.29 is 32.7 Å². The van der Waals surface area contributed by atoms with Gasteiger partial charge in [-0.15, -0.1) is 11.3 Å². The van der Waals surface area contributed by atoms with Gasteiger partial charge in [0.05, 0.1) is 10.2 Å². The molecular weight excluding hydrogens is 495 g/mol. The zero-order chi connectivity index (χ0) is 26.3. The zero-order valence-electron chi connectivity index (χ0n) is 18.6. The molecule has 0 saturated heterocycles. The summed E-state index contributed by atoms with van der Waals surface area (Å²) in [6.07, 6.45) is -4.80. The second-order valence-electron chi connectivity index (χ2n) is 7.45.